The van der Waals surface area contributed by atoms with E-state index in [2.05, 4.69) is 10.6 Å². The maximum Gasteiger partial charge on any atom is 0.408 e. The second-order valence-electron chi connectivity index (χ2n) is 6.92. The molecule has 0 aliphatic rings. The average molecular weight is 350 g/mol. The second kappa shape index (κ2) is 8.00. The van der Waals surface area contributed by atoms with E-state index in [0.29, 0.717) is 5.69 Å². The fourth-order valence-electron chi connectivity index (χ4n) is 2.29. The van der Waals surface area contributed by atoms with Gasteiger partial charge < -0.3 is 20.5 Å². The van der Waals surface area contributed by atoms with E-state index in [-0.39, 0.29) is 18.7 Å². The summed E-state index contributed by atoms with van der Waals surface area (Å²) in [6.07, 6.45) is -0.486. The molecule has 1 rings (SSSR count). The quantitative estimate of drug-likeness (QED) is 0.731. The predicted molar refractivity (Wildman–Crippen MR) is 94.5 cm³/mol. The van der Waals surface area contributed by atoms with E-state index in [1.165, 1.54) is 6.92 Å². The average Bonchev–Trinajstić information content (AvgIpc) is 2.45. The number of alkyl carbamates (subject to hydrolysis) is 1. The van der Waals surface area contributed by atoms with E-state index in [1.807, 2.05) is 0 Å². The molecule has 0 aliphatic carbocycles. The first-order valence-corrected chi connectivity index (χ1v) is 8.08. The number of hydrogen-bond donors (Lipinski definition) is 3. The van der Waals surface area contributed by atoms with Crippen LogP contribution in [0.2, 0.25) is 0 Å². The van der Waals surface area contributed by atoms with Gasteiger partial charge in [0.2, 0.25) is 5.91 Å². The van der Waals surface area contributed by atoms with Crippen molar-refractivity contribution in [1.82, 2.24) is 5.32 Å². The summed E-state index contributed by atoms with van der Waals surface area (Å²) in [4.78, 5) is 34.9. The number of carboxylic acids is 1. The normalized spacial score (nSPS) is 13.5. The molecule has 7 heteroatoms. The molecular formula is C18H26N2O5. The molecule has 0 spiro atoms. The molecule has 1 aromatic rings. The van der Waals surface area contributed by atoms with Gasteiger partial charge in [-0.25, -0.2) is 9.59 Å². The van der Waals surface area contributed by atoms with Gasteiger partial charge in [0.1, 0.15) is 11.1 Å². The Kier molecular flexibility index (Phi) is 6.55. The van der Waals surface area contributed by atoms with Gasteiger partial charge in [0.05, 0.1) is 0 Å². The van der Waals surface area contributed by atoms with Gasteiger partial charge >= 0.3 is 12.1 Å². The minimum absolute atomic E-state index is 0.0957. The van der Waals surface area contributed by atoms with Crippen molar-refractivity contribution < 1.29 is 24.2 Å². The third-order valence-corrected chi connectivity index (χ3v) is 3.53. The number of anilines is 1. The molecule has 0 aliphatic heterocycles. The van der Waals surface area contributed by atoms with Crippen LogP contribution in [0.1, 0.15) is 46.6 Å². The van der Waals surface area contributed by atoms with Crippen molar-refractivity contribution in [2.24, 2.45) is 0 Å². The number of carbonyl (C=O) groups excluding carboxylic acids is 2. The van der Waals surface area contributed by atoms with E-state index in [9.17, 15) is 19.5 Å². The Balaban J connectivity index is 2.97. The van der Waals surface area contributed by atoms with Gasteiger partial charge in [-0.2, -0.15) is 0 Å². The minimum atomic E-state index is -1.47. The largest absolute Gasteiger partial charge is 0.479 e. The third kappa shape index (κ3) is 6.45. The fraction of sp³-hybridized carbons (Fsp3) is 0.500. The summed E-state index contributed by atoms with van der Waals surface area (Å²) < 4.78 is 5.18. The number of nitrogens with one attached hydrogen (secondary N) is 2. The van der Waals surface area contributed by atoms with Crippen LogP contribution in [0.15, 0.2) is 24.3 Å². The molecule has 0 fully saturated rings. The van der Waals surface area contributed by atoms with Crippen LogP contribution in [-0.4, -0.2) is 34.2 Å². The second-order valence-corrected chi connectivity index (χ2v) is 6.92. The van der Waals surface area contributed by atoms with E-state index >= 15 is 0 Å². The van der Waals surface area contributed by atoms with Crippen LogP contribution in [0.3, 0.4) is 0 Å². The van der Waals surface area contributed by atoms with Crippen molar-refractivity contribution >= 4 is 23.7 Å². The summed E-state index contributed by atoms with van der Waals surface area (Å²) in [7, 11) is 0. The zero-order valence-corrected chi connectivity index (χ0v) is 15.3. The Morgan fingerprint density at radius 1 is 1.12 bits per heavy atom. The van der Waals surface area contributed by atoms with Gasteiger partial charge in [0, 0.05) is 19.0 Å². The number of rotatable bonds is 6. The third-order valence-electron chi connectivity index (χ3n) is 3.53. The Morgan fingerprint density at radius 3 is 2.08 bits per heavy atom. The van der Waals surface area contributed by atoms with Crippen LogP contribution in [0, 0.1) is 0 Å². The zero-order chi connectivity index (χ0) is 19.3. The zero-order valence-electron chi connectivity index (χ0n) is 15.3. The molecule has 1 atom stereocenters. The van der Waals surface area contributed by atoms with Crippen molar-refractivity contribution in [2.75, 3.05) is 5.32 Å². The first-order chi connectivity index (χ1) is 11.5. The van der Waals surface area contributed by atoms with Crippen LogP contribution < -0.4 is 10.6 Å². The van der Waals surface area contributed by atoms with Crippen molar-refractivity contribution in [3.63, 3.8) is 0 Å². The monoisotopic (exact) mass is 350 g/mol. The number of benzene rings is 1. The molecule has 7 nitrogen and oxygen atoms in total. The highest BCUT2D eigenvalue weighted by molar-refractivity contribution is 5.88. The number of ether oxygens (including phenoxy) is 1. The van der Waals surface area contributed by atoms with Gasteiger partial charge in [0.25, 0.3) is 0 Å². The summed E-state index contributed by atoms with van der Waals surface area (Å²) >= 11 is 0. The van der Waals surface area contributed by atoms with Crippen molar-refractivity contribution in [3.8, 4) is 0 Å². The van der Waals surface area contributed by atoms with Gasteiger partial charge in [0.15, 0.2) is 0 Å². The molecule has 1 unspecified atom stereocenters. The first kappa shape index (κ1) is 20.5. The first-order valence-electron chi connectivity index (χ1n) is 8.08. The maximum atomic E-state index is 12.1. The topological polar surface area (TPSA) is 105 Å². The molecule has 1 aromatic carbocycles. The highest BCUT2D eigenvalue weighted by atomic mass is 16.6. The van der Waals surface area contributed by atoms with Crippen LogP contribution >= 0.6 is 0 Å². The van der Waals surface area contributed by atoms with Crippen molar-refractivity contribution in [3.05, 3.63) is 29.8 Å². The summed E-state index contributed by atoms with van der Waals surface area (Å²) in [6, 6.07) is 6.81. The van der Waals surface area contributed by atoms with Gasteiger partial charge in [-0.05, 0) is 44.9 Å². The van der Waals surface area contributed by atoms with Gasteiger partial charge in [-0.15, -0.1) is 0 Å². The lowest BCUT2D eigenvalue weighted by Gasteiger charge is -2.31. The summed E-state index contributed by atoms with van der Waals surface area (Å²) in [6.45, 7) is 8.23. The van der Waals surface area contributed by atoms with Gasteiger partial charge in [-0.1, -0.05) is 19.1 Å². The summed E-state index contributed by atoms with van der Waals surface area (Å²) in [5, 5.41) is 14.8. The smallest absolute Gasteiger partial charge is 0.408 e. The standard InChI is InChI=1S/C18H26N2O5/c1-6-18(15(22)23,20-16(24)25-17(3,4)5)11-13-7-9-14(10-8-13)19-12(2)21/h7-10H,6,11H2,1-5H3,(H,19,21)(H,20,24)(H,22,23). The molecule has 0 aromatic heterocycles. The molecule has 3 N–H and O–H groups in total. The Bertz CT molecular complexity index is 634. The number of carboxylic acid groups (broad SMARTS) is 1. The van der Waals surface area contributed by atoms with Crippen LogP contribution in [0.4, 0.5) is 10.5 Å². The lowest BCUT2D eigenvalue weighted by molar-refractivity contribution is -0.145. The molecule has 0 saturated carbocycles. The molecule has 0 heterocycles. The fourth-order valence-corrected chi connectivity index (χ4v) is 2.29. The molecule has 138 valence electrons. The predicted octanol–water partition coefficient (Wildman–Crippen LogP) is 2.95. The molecule has 2 amide bonds. The molecular weight excluding hydrogens is 324 g/mol. The Morgan fingerprint density at radius 2 is 1.68 bits per heavy atom. The van der Waals surface area contributed by atoms with E-state index in [0.717, 1.165) is 5.56 Å². The minimum Gasteiger partial charge on any atom is -0.479 e. The number of hydrogen-bond acceptors (Lipinski definition) is 4. The summed E-state index contributed by atoms with van der Waals surface area (Å²) in [5.41, 5.74) is -0.858. The molecule has 25 heavy (non-hydrogen) atoms. The molecule has 0 bridgehead atoms. The highest BCUT2D eigenvalue weighted by Crippen LogP contribution is 2.21. The van der Waals surface area contributed by atoms with E-state index in [1.54, 1.807) is 52.0 Å². The van der Waals surface area contributed by atoms with Gasteiger partial charge in [-0.3, -0.25) is 4.79 Å². The van der Waals surface area contributed by atoms with E-state index in [4.69, 9.17) is 4.74 Å². The van der Waals surface area contributed by atoms with Crippen molar-refractivity contribution in [2.45, 2.75) is 58.6 Å². The highest BCUT2D eigenvalue weighted by Gasteiger charge is 2.39. The lowest BCUT2D eigenvalue weighted by Crippen LogP contribution is -2.56. The molecule has 0 saturated heterocycles. The Labute approximate surface area is 147 Å². The van der Waals surface area contributed by atoms with E-state index < -0.39 is 23.2 Å². The lowest BCUT2D eigenvalue weighted by atomic mass is 9.88. The number of amides is 2. The van der Waals surface area contributed by atoms with Crippen LogP contribution in [0.25, 0.3) is 0 Å². The summed E-state index contributed by atoms with van der Waals surface area (Å²) in [5.74, 6) is -1.32. The molecule has 0 radical (unpaired) electrons. The van der Waals surface area contributed by atoms with Crippen molar-refractivity contribution in [1.29, 1.82) is 0 Å². The number of carbonyl (C=O) groups is 3. The van der Waals surface area contributed by atoms with Crippen LogP contribution in [-0.2, 0) is 20.7 Å². The number of aliphatic carboxylic acids is 1. The Hall–Kier alpha value is -2.57. The van der Waals surface area contributed by atoms with Crippen LogP contribution in [0.5, 0.6) is 0 Å². The SMILES string of the molecule is CCC(Cc1ccc(NC(C)=O)cc1)(NC(=O)OC(C)(C)C)C(=O)O. The maximum absolute atomic E-state index is 12.1.